The summed E-state index contributed by atoms with van der Waals surface area (Å²) >= 11 is 0. The lowest BCUT2D eigenvalue weighted by atomic mass is 10.2. The van der Waals surface area contributed by atoms with Crippen molar-refractivity contribution in [2.24, 2.45) is 0 Å². The van der Waals surface area contributed by atoms with Gasteiger partial charge in [0.15, 0.2) is 9.84 Å². The third kappa shape index (κ3) is 3.97. The van der Waals surface area contributed by atoms with Crippen LogP contribution in [0.1, 0.15) is 5.56 Å². The maximum Gasteiger partial charge on any atom is 0.243 e. The Hall–Kier alpha value is -2.03. The number of benzene rings is 2. The second kappa shape index (κ2) is 6.70. The van der Waals surface area contributed by atoms with E-state index in [2.05, 4.69) is 0 Å². The van der Waals surface area contributed by atoms with Gasteiger partial charge in [-0.3, -0.25) is 0 Å². The molecule has 0 radical (unpaired) electrons. The van der Waals surface area contributed by atoms with Gasteiger partial charge in [0.25, 0.3) is 0 Å². The quantitative estimate of drug-likeness (QED) is 0.797. The molecule has 0 aromatic heterocycles. The lowest BCUT2D eigenvalue weighted by Gasteiger charge is -2.26. The normalized spacial score (nSPS) is 19.4. The van der Waals surface area contributed by atoms with Gasteiger partial charge in [-0.05, 0) is 29.8 Å². The highest BCUT2D eigenvalue weighted by molar-refractivity contribution is 7.94. The Bertz CT molecular complexity index is 985. The van der Waals surface area contributed by atoms with Gasteiger partial charge in [-0.1, -0.05) is 36.4 Å². The topological polar surface area (TPSA) is 71.5 Å². The predicted octanol–water partition coefficient (Wildman–Crippen LogP) is 2.33. The third-order valence-corrected chi connectivity index (χ3v) is 7.15. The molecule has 0 unspecified atom stereocenters. The zero-order chi connectivity index (χ0) is 18.1. The third-order valence-electron chi connectivity index (χ3n) is 3.88. The molecule has 1 aliphatic heterocycles. The SMILES string of the molecule is O=S1(=O)C=C[C@@H](N(Cc2ccccc2)S(=O)(=O)c2ccc(F)cc2)C1. The molecular weight excluding hydrogens is 365 g/mol. The smallest absolute Gasteiger partial charge is 0.224 e. The largest absolute Gasteiger partial charge is 0.243 e. The van der Waals surface area contributed by atoms with Crippen molar-refractivity contribution in [2.75, 3.05) is 5.75 Å². The highest BCUT2D eigenvalue weighted by Gasteiger charge is 2.35. The van der Waals surface area contributed by atoms with Gasteiger partial charge < -0.3 is 0 Å². The number of sulfone groups is 1. The summed E-state index contributed by atoms with van der Waals surface area (Å²) in [5.41, 5.74) is 0.728. The highest BCUT2D eigenvalue weighted by Crippen LogP contribution is 2.25. The standard InChI is InChI=1S/C17H16FNO4S2/c18-15-6-8-17(9-7-15)25(22,23)19(12-14-4-2-1-3-5-14)16-10-11-24(20,21)13-16/h1-11,16H,12-13H2/t16-/m1/s1. The molecule has 132 valence electrons. The molecule has 0 bridgehead atoms. The van der Waals surface area contributed by atoms with Crippen molar-refractivity contribution in [2.45, 2.75) is 17.5 Å². The number of hydrogen-bond acceptors (Lipinski definition) is 4. The molecule has 1 heterocycles. The zero-order valence-corrected chi connectivity index (χ0v) is 14.8. The summed E-state index contributed by atoms with van der Waals surface area (Å²) in [6.07, 6.45) is 1.37. The molecule has 8 heteroatoms. The lowest BCUT2D eigenvalue weighted by Crippen LogP contribution is -2.40. The van der Waals surface area contributed by atoms with Crippen LogP contribution in [-0.4, -0.2) is 32.9 Å². The summed E-state index contributed by atoms with van der Waals surface area (Å²) in [5, 5.41) is 1.04. The number of sulfonamides is 1. The molecule has 0 N–H and O–H groups in total. The Labute approximate surface area is 146 Å². The van der Waals surface area contributed by atoms with Crippen LogP contribution in [0.2, 0.25) is 0 Å². The van der Waals surface area contributed by atoms with Gasteiger partial charge >= 0.3 is 0 Å². The molecule has 0 aliphatic carbocycles. The Morgan fingerprint density at radius 1 is 1.04 bits per heavy atom. The van der Waals surface area contributed by atoms with Crippen molar-refractivity contribution in [1.29, 1.82) is 0 Å². The molecule has 2 aromatic rings. The Kier molecular flexibility index (Phi) is 4.77. The zero-order valence-electron chi connectivity index (χ0n) is 13.1. The fourth-order valence-corrected chi connectivity index (χ4v) is 5.59. The van der Waals surface area contributed by atoms with E-state index in [1.54, 1.807) is 24.3 Å². The summed E-state index contributed by atoms with van der Waals surface area (Å²) in [6, 6.07) is 12.6. The van der Waals surface area contributed by atoms with E-state index in [9.17, 15) is 21.2 Å². The average molecular weight is 381 g/mol. The van der Waals surface area contributed by atoms with Gasteiger partial charge in [0.2, 0.25) is 10.0 Å². The van der Waals surface area contributed by atoms with E-state index in [0.717, 1.165) is 27.4 Å². The summed E-state index contributed by atoms with van der Waals surface area (Å²) in [4.78, 5) is -0.0810. The van der Waals surface area contributed by atoms with E-state index in [1.807, 2.05) is 6.07 Å². The van der Waals surface area contributed by atoms with Crippen molar-refractivity contribution in [3.05, 3.63) is 77.5 Å². The average Bonchev–Trinajstić information content (AvgIpc) is 2.93. The van der Waals surface area contributed by atoms with Crippen LogP contribution < -0.4 is 0 Å². The number of rotatable bonds is 5. The van der Waals surface area contributed by atoms with E-state index in [0.29, 0.717) is 0 Å². The molecule has 1 atom stereocenters. The minimum atomic E-state index is -4.00. The minimum absolute atomic E-state index is 0.0189. The van der Waals surface area contributed by atoms with E-state index >= 15 is 0 Å². The van der Waals surface area contributed by atoms with Crippen LogP contribution in [-0.2, 0) is 26.4 Å². The van der Waals surface area contributed by atoms with E-state index in [-0.39, 0.29) is 17.2 Å². The van der Waals surface area contributed by atoms with Crippen molar-refractivity contribution in [1.82, 2.24) is 4.31 Å². The molecule has 25 heavy (non-hydrogen) atoms. The van der Waals surface area contributed by atoms with Gasteiger partial charge in [0.05, 0.1) is 16.7 Å². The first-order valence-corrected chi connectivity index (χ1v) is 10.7. The lowest BCUT2D eigenvalue weighted by molar-refractivity contribution is 0.375. The molecule has 0 saturated carbocycles. The van der Waals surface area contributed by atoms with E-state index in [4.69, 9.17) is 0 Å². The summed E-state index contributed by atoms with van der Waals surface area (Å²) < 4.78 is 63.8. The van der Waals surface area contributed by atoms with Crippen molar-refractivity contribution in [3.8, 4) is 0 Å². The predicted molar refractivity (Wildman–Crippen MR) is 92.3 cm³/mol. The molecule has 0 fully saturated rings. The van der Waals surface area contributed by atoms with Gasteiger partial charge in [0, 0.05) is 12.0 Å². The van der Waals surface area contributed by atoms with Gasteiger partial charge in [-0.15, -0.1) is 0 Å². The number of halogens is 1. The molecular formula is C17H16FNO4S2. The summed E-state index contributed by atoms with van der Waals surface area (Å²) in [6.45, 7) is 0.0189. The van der Waals surface area contributed by atoms with Crippen LogP contribution in [0.15, 0.2) is 71.0 Å². The van der Waals surface area contributed by atoms with Crippen LogP contribution >= 0.6 is 0 Å². The Morgan fingerprint density at radius 3 is 2.24 bits per heavy atom. The summed E-state index contributed by atoms with van der Waals surface area (Å²) in [5.74, 6) is -0.850. The highest BCUT2D eigenvalue weighted by atomic mass is 32.2. The van der Waals surface area contributed by atoms with Crippen LogP contribution in [0.5, 0.6) is 0 Å². The molecule has 0 amide bonds. The second-order valence-corrected chi connectivity index (χ2v) is 9.54. The monoisotopic (exact) mass is 381 g/mol. The fraction of sp³-hybridized carbons (Fsp3) is 0.176. The molecule has 5 nitrogen and oxygen atoms in total. The first-order valence-electron chi connectivity index (χ1n) is 7.50. The molecule has 1 aliphatic rings. The van der Waals surface area contributed by atoms with Crippen LogP contribution in [0.3, 0.4) is 0 Å². The maximum atomic E-state index is 13.1. The van der Waals surface area contributed by atoms with Gasteiger partial charge in [-0.2, -0.15) is 4.31 Å². The first-order chi connectivity index (χ1) is 11.8. The Morgan fingerprint density at radius 2 is 1.68 bits per heavy atom. The Balaban J connectivity index is 2.01. The minimum Gasteiger partial charge on any atom is -0.224 e. The summed E-state index contributed by atoms with van der Waals surface area (Å²) in [7, 11) is -7.43. The van der Waals surface area contributed by atoms with Crippen molar-refractivity contribution < 1.29 is 21.2 Å². The molecule has 2 aromatic carbocycles. The van der Waals surface area contributed by atoms with Gasteiger partial charge in [0.1, 0.15) is 5.82 Å². The van der Waals surface area contributed by atoms with Crippen molar-refractivity contribution in [3.63, 3.8) is 0 Å². The molecule has 3 rings (SSSR count). The second-order valence-electron chi connectivity index (χ2n) is 5.72. The van der Waals surface area contributed by atoms with E-state index in [1.165, 1.54) is 18.2 Å². The van der Waals surface area contributed by atoms with Crippen molar-refractivity contribution >= 4 is 19.9 Å². The van der Waals surface area contributed by atoms with Crippen LogP contribution in [0.25, 0.3) is 0 Å². The first kappa shape index (κ1) is 17.8. The number of nitrogens with zero attached hydrogens (tertiary/aromatic N) is 1. The van der Waals surface area contributed by atoms with Crippen LogP contribution in [0.4, 0.5) is 4.39 Å². The van der Waals surface area contributed by atoms with Gasteiger partial charge in [-0.25, -0.2) is 21.2 Å². The van der Waals surface area contributed by atoms with Crippen LogP contribution in [0, 0.1) is 5.82 Å². The molecule has 0 saturated heterocycles. The number of hydrogen-bond donors (Lipinski definition) is 0. The fourth-order valence-electron chi connectivity index (χ4n) is 2.62. The maximum absolute atomic E-state index is 13.1. The van der Waals surface area contributed by atoms with E-state index < -0.39 is 31.7 Å². The molecule has 0 spiro atoms.